The molecule has 9 N–H and O–H groups in total. The number of carbonyl (C=O) groups is 4. The highest BCUT2D eigenvalue weighted by Gasteiger charge is 2.32. The number of hydrogen-bond donors (Lipinski definition) is 8. The van der Waals surface area contributed by atoms with Crippen LogP contribution in [0.2, 0.25) is 0 Å². The number of carboxylic acid groups (broad SMARTS) is 1. The van der Waals surface area contributed by atoms with E-state index >= 15 is 0 Å². The van der Waals surface area contributed by atoms with E-state index in [1.54, 1.807) is 20.0 Å². The first-order valence-electron chi connectivity index (χ1n) is 12.1. The minimum atomic E-state index is -1.28. The zero-order valence-corrected chi connectivity index (χ0v) is 21.1. The van der Waals surface area contributed by atoms with Crippen molar-refractivity contribution in [1.29, 1.82) is 0 Å². The van der Waals surface area contributed by atoms with E-state index in [1.807, 2.05) is 24.3 Å². The largest absolute Gasteiger partial charge is 0.480 e. The van der Waals surface area contributed by atoms with Crippen LogP contribution in [0.15, 0.2) is 43.0 Å². The summed E-state index contributed by atoms with van der Waals surface area (Å²) in [5.74, 6) is -3.72. The molecule has 0 fully saturated rings. The summed E-state index contributed by atoms with van der Waals surface area (Å²) in [7, 11) is 0. The number of nitrogens with two attached hydrogens (primary N) is 1. The third-order valence-electron chi connectivity index (χ3n) is 6.11. The van der Waals surface area contributed by atoms with Crippen LogP contribution in [0.1, 0.15) is 25.1 Å². The number of amides is 3. The first kappa shape index (κ1) is 28.3. The number of nitrogens with zero attached hydrogens (tertiary/aromatic N) is 1. The number of H-pyrrole nitrogens is 2. The highest BCUT2D eigenvalue weighted by atomic mass is 16.4. The van der Waals surface area contributed by atoms with E-state index in [2.05, 4.69) is 30.9 Å². The van der Waals surface area contributed by atoms with E-state index in [9.17, 15) is 24.3 Å². The minimum Gasteiger partial charge on any atom is -0.480 e. The number of aromatic amines is 2. The molecule has 204 valence electrons. The Morgan fingerprint density at radius 3 is 2.32 bits per heavy atom. The second-order valence-corrected chi connectivity index (χ2v) is 9.32. The highest BCUT2D eigenvalue weighted by Crippen LogP contribution is 2.19. The topological polar surface area (TPSA) is 215 Å². The number of aliphatic carboxylic acids is 1. The third kappa shape index (κ3) is 7.17. The Balaban J connectivity index is 1.85. The molecule has 4 atom stereocenters. The smallest absolute Gasteiger partial charge is 0.326 e. The number of aliphatic hydroxyl groups is 1. The van der Waals surface area contributed by atoms with Gasteiger partial charge < -0.3 is 41.9 Å². The molecule has 3 amide bonds. The summed E-state index contributed by atoms with van der Waals surface area (Å²) >= 11 is 0. The number of hydrogen-bond acceptors (Lipinski definition) is 7. The maximum Gasteiger partial charge on any atom is 0.326 e. The predicted molar refractivity (Wildman–Crippen MR) is 138 cm³/mol. The van der Waals surface area contributed by atoms with E-state index in [0.717, 1.165) is 16.5 Å². The molecule has 0 spiro atoms. The van der Waals surface area contributed by atoms with Crippen molar-refractivity contribution < 1.29 is 29.4 Å². The van der Waals surface area contributed by atoms with Gasteiger partial charge in [-0.25, -0.2) is 9.78 Å². The number of imidazole rings is 1. The van der Waals surface area contributed by atoms with E-state index in [4.69, 9.17) is 10.8 Å². The number of carbonyl (C=O) groups excluding carboxylic acids is 3. The van der Waals surface area contributed by atoms with Crippen LogP contribution >= 0.6 is 0 Å². The van der Waals surface area contributed by atoms with Gasteiger partial charge in [-0.15, -0.1) is 0 Å². The standard InChI is InChI=1S/C25H33N7O6/c1-13(2)21(32-22(34)17(26)11-33)24(36)30-19(7-14-9-28-18-6-4-3-5-16(14)18)23(35)31-20(25(37)38)8-15-10-27-12-29-15/h3-6,9-10,12-13,17,19-21,28,33H,7-8,11,26H2,1-2H3,(H,27,29)(H,30,36)(H,31,35)(H,32,34)(H,37,38). The summed E-state index contributed by atoms with van der Waals surface area (Å²) in [6.07, 6.45) is 4.59. The molecule has 0 aliphatic heterocycles. The number of benzene rings is 1. The van der Waals surface area contributed by atoms with Crippen molar-refractivity contribution in [2.75, 3.05) is 6.61 Å². The predicted octanol–water partition coefficient (Wildman–Crippen LogP) is -0.809. The fourth-order valence-corrected chi connectivity index (χ4v) is 3.96. The monoisotopic (exact) mass is 527 g/mol. The van der Waals surface area contributed by atoms with E-state index in [-0.39, 0.29) is 18.8 Å². The Morgan fingerprint density at radius 1 is 0.974 bits per heavy atom. The fourth-order valence-electron chi connectivity index (χ4n) is 3.96. The van der Waals surface area contributed by atoms with Crippen LogP contribution in [0.4, 0.5) is 0 Å². The van der Waals surface area contributed by atoms with Gasteiger partial charge in [0.1, 0.15) is 24.2 Å². The Hall–Kier alpha value is -4.23. The Bertz CT molecular complexity index is 1260. The molecule has 1 aromatic carbocycles. The number of aromatic nitrogens is 3. The van der Waals surface area contributed by atoms with Crippen molar-refractivity contribution >= 4 is 34.6 Å². The zero-order valence-electron chi connectivity index (χ0n) is 21.1. The summed E-state index contributed by atoms with van der Waals surface area (Å²) in [5.41, 5.74) is 7.65. The SMILES string of the molecule is CC(C)C(NC(=O)C(N)CO)C(=O)NC(Cc1c[nH]c2ccccc12)C(=O)NC(Cc1cnc[nH]1)C(=O)O. The highest BCUT2D eigenvalue weighted by molar-refractivity contribution is 5.95. The lowest BCUT2D eigenvalue weighted by atomic mass is 10.00. The normalized spacial score (nSPS) is 14.4. The average Bonchev–Trinajstić information content (AvgIpc) is 3.55. The number of rotatable bonds is 13. The van der Waals surface area contributed by atoms with E-state index in [0.29, 0.717) is 5.69 Å². The van der Waals surface area contributed by atoms with Gasteiger partial charge in [-0.05, 0) is 17.5 Å². The summed E-state index contributed by atoms with van der Waals surface area (Å²) in [5, 5.41) is 27.4. The summed E-state index contributed by atoms with van der Waals surface area (Å²) in [4.78, 5) is 60.6. The number of carboxylic acids is 1. The lowest BCUT2D eigenvalue weighted by Gasteiger charge is -2.26. The minimum absolute atomic E-state index is 0.0431. The lowest BCUT2D eigenvalue weighted by molar-refractivity contribution is -0.142. The van der Waals surface area contributed by atoms with Crippen LogP contribution in [-0.4, -0.2) is 79.6 Å². The molecule has 2 aromatic heterocycles. The Kier molecular flexibility index (Phi) is 9.57. The van der Waals surface area contributed by atoms with E-state index in [1.165, 1.54) is 12.5 Å². The van der Waals surface area contributed by atoms with Gasteiger partial charge in [0.25, 0.3) is 0 Å². The second kappa shape index (κ2) is 12.8. The fraction of sp³-hybridized carbons (Fsp3) is 0.400. The summed E-state index contributed by atoms with van der Waals surface area (Å²) < 4.78 is 0. The molecule has 13 heteroatoms. The average molecular weight is 528 g/mol. The molecule has 0 saturated heterocycles. The van der Waals surface area contributed by atoms with Gasteiger partial charge in [0.2, 0.25) is 17.7 Å². The number of para-hydroxylation sites is 1. The number of nitrogens with one attached hydrogen (secondary N) is 5. The molecular formula is C25H33N7O6. The molecule has 2 heterocycles. The molecule has 0 bridgehead atoms. The van der Waals surface area contributed by atoms with Crippen LogP contribution in [0, 0.1) is 5.92 Å². The summed E-state index contributed by atoms with van der Waals surface area (Å²) in [6.45, 7) is 2.81. The van der Waals surface area contributed by atoms with Crippen LogP contribution in [0.25, 0.3) is 10.9 Å². The third-order valence-corrected chi connectivity index (χ3v) is 6.11. The van der Waals surface area contributed by atoms with Crippen molar-refractivity contribution in [3.8, 4) is 0 Å². The molecule has 3 rings (SSSR count). The molecular weight excluding hydrogens is 494 g/mol. The Morgan fingerprint density at radius 2 is 1.68 bits per heavy atom. The Labute approximate surface area is 218 Å². The molecule has 0 radical (unpaired) electrons. The van der Waals surface area contributed by atoms with Crippen molar-refractivity contribution in [2.45, 2.75) is 50.9 Å². The molecule has 0 saturated carbocycles. The molecule has 4 unspecified atom stereocenters. The van der Waals surface area contributed by atoms with Crippen molar-refractivity contribution in [3.63, 3.8) is 0 Å². The second-order valence-electron chi connectivity index (χ2n) is 9.32. The molecule has 3 aromatic rings. The van der Waals surface area contributed by atoms with Gasteiger partial charge in [0, 0.05) is 41.8 Å². The summed E-state index contributed by atoms with van der Waals surface area (Å²) in [6, 6.07) is 2.70. The maximum atomic E-state index is 13.4. The van der Waals surface area contributed by atoms with Crippen molar-refractivity contribution in [1.82, 2.24) is 30.9 Å². The van der Waals surface area contributed by atoms with Gasteiger partial charge >= 0.3 is 5.97 Å². The number of fused-ring (bicyclic) bond motifs is 1. The first-order chi connectivity index (χ1) is 18.1. The van der Waals surface area contributed by atoms with Gasteiger partial charge in [0.05, 0.1) is 12.9 Å². The number of aliphatic hydroxyl groups excluding tert-OH is 1. The first-order valence-corrected chi connectivity index (χ1v) is 12.1. The van der Waals surface area contributed by atoms with Gasteiger partial charge in [-0.2, -0.15) is 0 Å². The van der Waals surface area contributed by atoms with Crippen LogP contribution in [-0.2, 0) is 32.0 Å². The molecule has 38 heavy (non-hydrogen) atoms. The molecule has 0 aliphatic rings. The van der Waals surface area contributed by atoms with Gasteiger partial charge in [-0.1, -0.05) is 32.0 Å². The lowest BCUT2D eigenvalue weighted by Crippen LogP contribution is -2.59. The van der Waals surface area contributed by atoms with Crippen molar-refractivity contribution in [2.24, 2.45) is 11.7 Å². The van der Waals surface area contributed by atoms with Crippen molar-refractivity contribution in [3.05, 3.63) is 54.2 Å². The van der Waals surface area contributed by atoms with Crippen LogP contribution in [0.5, 0.6) is 0 Å². The van der Waals surface area contributed by atoms with Crippen LogP contribution in [0.3, 0.4) is 0 Å². The quantitative estimate of drug-likeness (QED) is 0.140. The van der Waals surface area contributed by atoms with Gasteiger partial charge in [0.15, 0.2) is 0 Å². The van der Waals surface area contributed by atoms with E-state index < -0.39 is 54.5 Å². The molecule has 13 nitrogen and oxygen atoms in total. The molecule has 0 aliphatic carbocycles. The maximum absolute atomic E-state index is 13.4. The zero-order chi connectivity index (χ0) is 27.8. The van der Waals surface area contributed by atoms with Crippen LogP contribution < -0.4 is 21.7 Å². The van der Waals surface area contributed by atoms with Gasteiger partial charge in [-0.3, -0.25) is 14.4 Å².